The van der Waals surface area contributed by atoms with Crippen molar-refractivity contribution in [2.45, 2.75) is 65.1 Å². The molecule has 1 fully saturated rings. The van der Waals surface area contributed by atoms with Crippen LogP contribution in [0.3, 0.4) is 0 Å². The van der Waals surface area contributed by atoms with E-state index in [9.17, 15) is 0 Å². The van der Waals surface area contributed by atoms with Gasteiger partial charge in [-0.05, 0) is 37.5 Å². The van der Waals surface area contributed by atoms with Crippen molar-refractivity contribution in [2.75, 3.05) is 18.5 Å². The van der Waals surface area contributed by atoms with Gasteiger partial charge in [-0.2, -0.15) is 0 Å². The molecule has 1 saturated heterocycles. The van der Waals surface area contributed by atoms with Crippen molar-refractivity contribution >= 4 is 15.9 Å². The first kappa shape index (κ1) is 15.5. The van der Waals surface area contributed by atoms with Gasteiger partial charge in [0.2, 0.25) is 0 Å². The number of halogens is 1. The summed E-state index contributed by atoms with van der Waals surface area (Å²) < 4.78 is 11.5. The highest BCUT2D eigenvalue weighted by Gasteiger charge is 2.21. The molecular weight excluding hydrogens is 280 g/mol. The Hall–Kier alpha value is 0.400. The van der Waals surface area contributed by atoms with Crippen LogP contribution in [0.2, 0.25) is 0 Å². The van der Waals surface area contributed by atoms with Crippen molar-refractivity contribution in [3.05, 3.63) is 0 Å². The van der Waals surface area contributed by atoms with Gasteiger partial charge in [-0.25, -0.2) is 0 Å². The molecule has 0 amide bonds. The molecule has 0 bridgehead atoms. The van der Waals surface area contributed by atoms with E-state index in [-0.39, 0.29) is 11.7 Å². The van der Waals surface area contributed by atoms with E-state index in [1.807, 2.05) is 0 Å². The van der Waals surface area contributed by atoms with Gasteiger partial charge in [-0.15, -0.1) is 0 Å². The van der Waals surface area contributed by atoms with Crippen LogP contribution in [0, 0.1) is 5.41 Å². The van der Waals surface area contributed by atoms with Gasteiger partial charge < -0.3 is 9.47 Å². The highest BCUT2D eigenvalue weighted by molar-refractivity contribution is 9.09. The van der Waals surface area contributed by atoms with Gasteiger partial charge in [0.1, 0.15) is 0 Å². The molecule has 0 aliphatic carbocycles. The Kier molecular flexibility index (Phi) is 7.72. The Morgan fingerprint density at radius 1 is 1.24 bits per heavy atom. The lowest BCUT2D eigenvalue weighted by atomic mass is 9.88. The van der Waals surface area contributed by atoms with Gasteiger partial charge in [0.05, 0.1) is 6.61 Å². The maximum atomic E-state index is 5.87. The van der Waals surface area contributed by atoms with Crippen LogP contribution in [0.5, 0.6) is 0 Å². The third-order valence-corrected chi connectivity index (χ3v) is 3.85. The molecule has 3 heteroatoms. The maximum Gasteiger partial charge on any atom is 0.157 e. The zero-order valence-electron chi connectivity index (χ0n) is 11.3. The summed E-state index contributed by atoms with van der Waals surface area (Å²) in [6.07, 6.45) is 8.70. The highest BCUT2D eigenvalue weighted by atomic mass is 79.9. The van der Waals surface area contributed by atoms with E-state index in [1.54, 1.807) is 0 Å². The molecular formula is C14H27BrO2. The first-order valence-electron chi connectivity index (χ1n) is 6.93. The molecule has 0 radical (unpaired) electrons. The van der Waals surface area contributed by atoms with Crippen LogP contribution in [0.25, 0.3) is 0 Å². The van der Waals surface area contributed by atoms with Gasteiger partial charge in [0.15, 0.2) is 6.29 Å². The van der Waals surface area contributed by atoms with Gasteiger partial charge in [0.25, 0.3) is 0 Å². The summed E-state index contributed by atoms with van der Waals surface area (Å²) in [5.41, 5.74) is 0.285. The van der Waals surface area contributed by atoms with Crippen molar-refractivity contribution in [1.82, 2.24) is 0 Å². The average Bonchev–Trinajstić information content (AvgIpc) is 2.34. The van der Waals surface area contributed by atoms with E-state index in [1.165, 1.54) is 38.5 Å². The zero-order chi connectivity index (χ0) is 12.6. The van der Waals surface area contributed by atoms with E-state index in [2.05, 4.69) is 29.8 Å². The summed E-state index contributed by atoms with van der Waals surface area (Å²) in [4.78, 5) is 0. The lowest BCUT2D eigenvalue weighted by Gasteiger charge is -2.29. The third kappa shape index (κ3) is 7.43. The molecule has 1 aliphatic rings. The second kappa shape index (κ2) is 8.49. The second-order valence-electron chi connectivity index (χ2n) is 5.77. The quantitative estimate of drug-likeness (QED) is 0.485. The zero-order valence-corrected chi connectivity index (χ0v) is 12.9. The molecule has 0 aromatic rings. The predicted molar refractivity (Wildman–Crippen MR) is 75.6 cm³/mol. The van der Waals surface area contributed by atoms with Crippen LogP contribution in [-0.2, 0) is 9.47 Å². The van der Waals surface area contributed by atoms with Crippen LogP contribution in [0.4, 0.5) is 0 Å². The SMILES string of the molecule is CC(C)(CCCCCBr)CO[C@@H]1CCCCO1. The molecule has 2 nitrogen and oxygen atoms in total. The lowest BCUT2D eigenvalue weighted by Crippen LogP contribution is -2.28. The van der Waals surface area contributed by atoms with Crippen molar-refractivity contribution in [3.8, 4) is 0 Å². The molecule has 102 valence electrons. The van der Waals surface area contributed by atoms with Crippen molar-refractivity contribution in [1.29, 1.82) is 0 Å². The summed E-state index contributed by atoms with van der Waals surface area (Å²) in [7, 11) is 0. The van der Waals surface area contributed by atoms with Crippen LogP contribution in [0.15, 0.2) is 0 Å². The standard InChI is InChI=1S/C14H27BrO2/c1-14(2,9-5-3-6-10-15)12-17-13-8-4-7-11-16-13/h13H,3-12H2,1-2H3/t13-/m1/s1. The summed E-state index contributed by atoms with van der Waals surface area (Å²) in [5.74, 6) is 0. The van der Waals surface area contributed by atoms with Crippen LogP contribution < -0.4 is 0 Å². The molecule has 0 N–H and O–H groups in total. The minimum Gasteiger partial charge on any atom is -0.353 e. The van der Waals surface area contributed by atoms with Gasteiger partial charge >= 0.3 is 0 Å². The highest BCUT2D eigenvalue weighted by Crippen LogP contribution is 2.26. The molecule has 0 spiro atoms. The number of ether oxygens (including phenoxy) is 2. The summed E-state index contributed by atoms with van der Waals surface area (Å²) in [6.45, 7) is 6.29. The average molecular weight is 307 g/mol. The van der Waals surface area contributed by atoms with E-state index < -0.39 is 0 Å². The molecule has 0 unspecified atom stereocenters. The number of alkyl halides is 1. The van der Waals surface area contributed by atoms with E-state index in [4.69, 9.17) is 9.47 Å². The Morgan fingerprint density at radius 2 is 2.06 bits per heavy atom. The van der Waals surface area contributed by atoms with Gasteiger partial charge in [0, 0.05) is 11.9 Å². The smallest absolute Gasteiger partial charge is 0.157 e. The normalized spacial score (nSPS) is 21.7. The first-order chi connectivity index (χ1) is 8.14. The van der Waals surface area contributed by atoms with Crippen molar-refractivity contribution in [3.63, 3.8) is 0 Å². The second-order valence-corrected chi connectivity index (χ2v) is 6.56. The molecule has 0 saturated carbocycles. The first-order valence-corrected chi connectivity index (χ1v) is 8.05. The van der Waals surface area contributed by atoms with Crippen LogP contribution in [0.1, 0.15) is 58.8 Å². The lowest BCUT2D eigenvalue weighted by molar-refractivity contribution is -0.176. The number of hydrogen-bond acceptors (Lipinski definition) is 2. The van der Waals surface area contributed by atoms with E-state index in [0.29, 0.717) is 0 Å². The third-order valence-electron chi connectivity index (χ3n) is 3.29. The minimum absolute atomic E-state index is 0.0607. The molecule has 0 aromatic carbocycles. The summed E-state index contributed by atoms with van der Waals surface area (Å²) in [5, 5.41) is 1.12. The van der Waals surface area contributed by atoms with Gasteiger partial charge in [-0.3, -0.25) is 0 Å². The van der Waals surface area contributed by atoms with Crippen molar-refractivity contribution in [2.24, 2.45) is 5.41 Å². The number of rotatable bonds is 8. The molecule has 0 aromatic heterocycles. The maximum absolute atomic E-state index is 5.87. The molecule has 1 rings (SSSR count). The summed E-state index contributed by atoms with van der Waals surface area (Å²) >= 11 is 3.47. The fourth-order valence-corrected chi connectivity index (χ4v) is 2.50. The fraction of sp³-hybridized carbons (Fsp3) is 1.00. The number of hydrogen-bond donors (Lipinski definition) is 0. The molecule has 1 heterocycles. The Morgan fingerprint density at radius 3 is 2.71 bits per heavy atom. The Balaban J connectivity index is 2.09. The van der Waals surface area contributed by atoms with Crippen molar-refractivity contribution < 1.29 is 9.47 Å². The monoisotopic (exact) mass is 306 g/mol. The largest absolute Gasteiger partial charge is 0.353 e. The Bertz CT molecular complexity index is 189. The summed E-state index contributed by atoms with van der Waals surface area (Å²) in [6, 6.07) is 0. The topological polar surface area (TPSA) is 18.5 Å². The molecule has 17 heavy (non-hydrogen) atoms. The van der Waals surface area contributed by atoms with Crippen LogP contribution in [-0.4, -0.2) is 24.8 Å². The van der Waals surface area contributed by atoms with Crippen LogP contribution >= 0.6 is 15.9 Å². The fourth-order valence-electron chi connectivity index (χ4n) is 2.11. The Labute approximate surface area is 115 Å². The van der Waals surface area contributed by atoms with E-state index in [0.717, 1.165) is 25.0 Å². The molecule has 1 atom stereocenters. The minimum atomic E-state index is 0.0607. The number of unbranched alkanes of at least 4 members (excludes halogenated alkanes) is 2. The van der Waals surface area contributed by atoms with E-state index >= 15 is 0 Å². The van der Waals surface area contributed by atoms with Gasteiger partial charge in [-0.1, -0.05) is 42.6 Å². The predicted octanol–water partition coefficient (Wildman–Crippen LogP) is 4.51. The molecule has 1 aliphatic heterocycles.